The van der Waals surface area contributed by atoms with Gasteiger partial charge in [-0.2, -0.15) is 0 Å². The number of hydrogen-bond acceptors (Lipinski definition) is 1. The van der Waals surface area contributed by atoms with Gasteiger partial charge in [-0.25, -0.2) is 0 Å². The molecule has 0 aliphatic heterocycles. The molecule has 37 heavy (non-hydrogen) atoms. The van der Waals surface area contributed by atoms with Crippen LogP contribution in [0.1, 0.15) is 136 Å². The van der Waals surface area contributed by atoms with E-state index in [9.17, 15) is 0 Å². The number of pyridine rings is 1. The van der Waals surface area contributed by atoms with Gasteiger partial charge in [0.05, 0.1) is 0 Å². The number of fused-ring (bicyclic) bond motifs is 5. The highest BCUT2D eigenvalue weighted by atomic mass is 14.7. The summed E-state index contributed by atoms with van der Waals surface area (Å²) in [6.45, 7) is 17.3. The van der Waals surface area contributed by atoms with Gasteiger partial charge in [-0.05, 0) is 141 Å². The maximum absolute atomic E-state index is 4.76. The molecule has 0 bridgehead atoms. The minimum absolute atomic E-state index is 0.490. The molecule has 0 radical (unpaired) electrons. The molecule has 0 aromatic carbocycles. The van der Waals surface area contributed by atoms with Crippen LogP contribution in [0, 0.1) is 52.3 Å². The van der Waals surface area contributed by atoms with E-state index in [1.54, 1.807) is 5.57 Å². The van der Waals surface area contributed by atoms with Gasteiger partial charge in [-0.3, -0.25) is 4.98 Å². The second kappa shape index (κ2) is 10.8. The van der Waals surface area contributed by atoms with Gasteiger partial charge in [0.15, 0.2) is 0 Å². The smallest absolute Gasteiger partial charge is 0.0438 e. The average Bonchev–Trinajstić information content (AvgIpc) is 3.25. The lowest BCUT2D eigenvalue weighted by Gasteiger charge is -2.58. The van der Waals surface area contributed by atoms with Crippen LogP contribution in [-0.4, -0.2) is 4.98 Å². The molecule has 5 rings (SSSR count). The molecular formula is C36H57N. The Hall–Kier alpha value is -1.11. The topological polar surface area (TPSA) is 12.9 Å². The van der Waals surface area contributed by atoms with Crippen molar-refractivity contribution in [3.05, 3.63) is 41.2 Å². The van der Waals surface area contributed by atoms with E-state index in [0.717, 1.165) is 47.8 Å². The minimum Gasteiger partial charge on any atom is -0.261 e. The van der Waals surface area contributed by atoms with Gasteiger partial charge < -0.3 is 0 Å². The van der Waals surface area contributed by atoms with Crippen molar-refractivity contribution in [1.82, 2.24) is 4.98 Å². The Bertz CT molecular complexity index is 961. The van der Waals surface area contributed by atoms with Gasteiger partial charge in [0.1, 0.15) is 0 Å². The third-order valence-electron chi connectivity index (χ3n) is 12.9. The number of hydrogen-bond donors (Lipinski definition) is 0. The molecule has 4 aliphatic rings. The summed E-state index contributed by atoms with van der Waals surface area (Å²) in [5.74, 6) is 7.18. The molecule has 6 unspecified atom stereocenters. The van der Waals surface area contributed by atoms with Crippen molar-refractivity contribution < 1.29 is 0 Å². The van der Waals surface area contributed by atoms with Crippen molar-refractivity contribution in [1.29, 1.82) is 0 Å². The normalized spacial score (nSPS) is 41.4. The maximum atomic E-state index is 4.76. The van der Waals surface area contributed by atoms with Crippen molar-refractivity contribution in [3.8, 4) is 0 Å². The molecule has 206 valence electrons. The van der Waals surface area contributed by atoms with E-state index >= 15 is 0 Å². The number of allylic oxidation sites excluding steroid dienone is 2. The highest BCUT2D eigenvalue weighted by Gasteiger charge is 2.58. The van der Waals surface area contributed by atoms with Crippen LogP contribution in [0.5, 0.6) is 0 Å². The van der Waals surface area contributed by atoms with Crippen molar-refractivity contribution >= 4 is 0 Å². The fourth-order valence-corrected chi connectivity index (χ4v) is 11.0. The molecule has 1 heteroatoms. The third kappa shape index (κ3) is 4.89. The van der Waals surface area contributed by atoms with Crippen LogP contribution in [0.2, 0.25) is 0 Å². The van der Waals surface area contributed by atoms with Crippen LogP contribution in [0.4, 0.5) is 0 Å². The first kappa shape index (κ1) is 27.5. The number of nitrogens with zero attached hydrogens (tertiary/aromatic N) is 1. The van der Waals surface area contributed by atoms with E-state index in [2.05, 4.69) is 66.7 Å². The molecule has 0 N–H and O–H groups in total. The predicted molar refractivity (Wildman–Crippen MR) is 159 cm³/mol. The standard InChI is InChI=1S/C36H57N/c1-8-24(4)22-35(6)19-17-29-26(23-35)13-14-31-30(29)18-20-36(7)32(15-16-33(31)36)27(9-2)25(5)28-12-11-21-37-34(28)10-3/h9,11-12,21,24-26,29-33H,8,10,13-20,22-23H2,1-7H3/b27-9+/t24?,25-,26?,29?,30-,31?,32?,33+,35?,36-/m1/s1. The lowest BCUT2D eigenvalue weighted by Crippen LogP contribution is -2.49. The summed E-state index contributed by atoms with van der Waals surface area (Å²) in [6, 6.07) is 4.50. The largest absolute Gasteiger partial charge is 0.261 e. The minimum atomic E-state index is 0.490. The van der Waals surface area contributed by atoms with Crippen LogP contribution in [0.15, 0.2) is 30.0 Å². The molecule has 4 aliphatic carbocycles. The molecular weight excluding hydrogens is 446 g/mol. The second-order valence-electron chi connectivity index (χ2n) is 14.8. The zero-order valence-corrected chi connectivity index (χ0v) is 25.4. The Morgan fingerprint density at radius 3 is 2.51 bits per heavy atom. The lowest BCUT2D eigenvalue weighted by atomic mass is 9.47. The zero-order valence-electron chi connectivity index (χ0n) is 25.4. The Morgan fingerprint density at radius 1 is 1.00 bits per heavy atom. The van der Waals surface area contributed by atoms with Crippen molar-refractivity contribution in [2.75, 3.05) is 0 Å². The molecule has 0 saturated heterocycles. The highest BCUT2D eigenvalue weighted by molar-refractivity contribution is 5.34. The molecule has 0 spiro atoms. The molecule has 4 fully saturated rings. The van der Waals surface area contributed by atoms with Gasteiger partial charge >= 0.3 is 0 Å². The van der Waals surface area contributed by atoms with Crippen LogP contribution >= 0.6 is 0 Å². The number of aromatic nitrogens is 1. The summed E-state index contributed by atoms with van der Waals surface area (Å²) < 4.78 is 0. The lowest BCUT2D eigenvalue weighted by molar-refractivity contribution is -0.0776. The monoisotopic (exact) mass is 503 g/mol. The molecule has 4 saturated carbocycles. The molecule has 1 aromatic heterocycles. The SMILES string of the molecule is C/C=C(/C1CC[C@H]2C3CCC4CC(C)(CC(C)CC)CCC4[C@H]3CC[C@]12C)[C@@H](C)c1cccnc1CC. The van der Waals surface area contributed by atoms with Gasteiger partial charge in [-0.1, -0.05) is 65.7 Å². The molecule has 1 heterocycles. The van der Waals surface area contributed by atoms with E-state index in [-0.39, 0.29) is 0 Å². The summed E-state index contributed by atoms with van der Waals surface area (Å²) in [7, 11) is 0. The van der Waals surface area contributed by atoms with Gasteiger partial charge in [0.25, 0.3) is 0 Å². The zero-order chi connectivity index (χ0) is 26.4. The second-order valence-corrected chi connectivity index (χ2v) is 14.8. The predicted octanol–water partition coefficient (Wildman–Crippen LogP) is 10.4. The van der Waals surface area contributed by atoms with Crippen molar-refractivity contribution in [2.24, 2.45) is 52.3 Å². The third-order valence-corrected chi connectivity index (χ3v) is 12.9. The fraction of sp³-hybridized carbons (Fsp3) is 0.806. The van der Waals surface area contributed by atoms with Crippen LogP contribution in [0.3, 0.4) is 0 Å². The van der Waals surface area contributed by atoms with Gasteiger partial charge in [0, 0.05) is 17.8 Å². The molecule has 1 nitrogen and oxygen atoms in total. The van der Waals surface area contributed by atoms with Crippen LogP contribution in [-0.2, 0) is 6.42 Å². The van der Waals surface area contributed by atoms with Gasteiger partial charge in [0.2, 0.25) is 0 Å². The Labute approximate surface area is 229 Å². The number of aryl methyl sites for hydroxylation is 1. The first-order chi connectivity index (χ1) is 17.7. The molecule has 1 aromatic rings. The van der Waals surface area contributed by atoms with E-state index in [4.69, 9.17) is 4.98 Å². The summed E-state index contributed by atoms with van der Waals surface area (Å²) in [5, 5.41) is 0. The average molecular weight is 504 g/mol. The summed E-state index contributed by atoms with van der Waals surface area (Å²) in [5.41, 5.74) is 5.61. The summed E-state index contributed by atoms with van der Waals surface area (Å²) >= 11 is 0. The van der Waals surface area contributed by atoms with Crippen LogP contribution in [0.25, 0.3) is 0 Å². The molecule has 0 amide bonds. The first-order valence-corrected chi connectivity index (χ1v) is 16.3. The Kier molecular flexibility index (Phi) is 8.02. The van der Waals surface area contributed by atoms with E-state index in [0.29, 0.717) is 16.7 Å². The van der Waals surface area contributed by atoms with Crippen molar-refractivity contribution in [2.45, 2.75) is 131 Å². The first-order valence-electron chi connectivity index (χ1n) is 16.3. The Morgan fingerprint density at radius 2 is 1.78 bits per heavy atom. The maximum Gasteiger partial charge on any atom is 0.0438 e. The highest BCUT2D eigenvalue weighted by Crippen LogP contribution is 2.67. The van der Waals surface area contributed by atoms with Crippen molar-refractivity contribution in [3.63, 3.8) is 0 Å². The van der Waals surface area contributed by atoms with E-state index < -0.39 is 0 Å². The fourth-order valence-electron chi connectivity index (χ4n) is 11.0. The summed E-state index contributed by atoms with van der Waals surface area (Å²) in [4.78, 5) is 4.76. The molecule has 10 atom stereocenters. The van der Waals surface area contributed by atoms with E-state index in [1.807, 2.05) is 6.20 Å². The summed E-state index contributed by atoms with van der Waals surface area (Å²) in [6.07, 6.45) is 21.8. The quantitative estimate of drug-likeness (QED) is 0.337. The number of rotatable bonds is 7. The Balaban J connectivity index is 1.32. The van der Waals surface area contributed by atoms with Crippen LogP contribution < -0.4 is 0 Å². The van der Waals surface area contributed by atoms with Gasteiger partial charge in [-0.15, -0.1) is 0 Å². The van der Waals surface area contributed by atoms with E-state index in [1.165, 1.54) is 81.9 Å².